The van der Waals surface area contributed by atoms with Gasteiger partial charge < -0.3 is 9.80 Å². The Labute approximate surface area is 170 Å². The molecule has 0 radical (unpaired) electrons. The molecular formula is C20H27N7S+2. The highest BCUT2D eigenvalue weighted by Crippen LogP contribution is 2.17. The summed E-state index contributed by atoms with van der Waals surface area (Å²) in [6.45, 7) is 8.09. The lowest BCUT2D eigenvalue weighted by atomic mass is 10.2. The molecule has 0 spiro atoms. The maximum absolute atomic E-state index is 5.77. The fourth-order valence-electron chi connectivity index (χ4n) is 3.72. The van der Waals surface area contributed by atoms with E-state index >= 15 is 0 Å². The van der Waals surface area contributed by atoms with E-state index in [0.717, 1.165) is 62.0 Å². The maximum Gasteiger partial charge on any atom is 0.203 e. The van der Waals surface area contributed by atoms with Crippen molar-refractivity contribution in [3.8, 4) is 11.4 Å². The smallest absolute Gasteiger partial charge is 0.203 e. The zero-order valence-electron chi connectivity index (χ0n) is 16.2. The molecule has 1 aliphatic rings. The molecule has 3 aromatic heterocycles. The number of H-pyrrole nitrogens is 1. The van der Waals surface area contributed by atoms with Crippen molar-refractivity contribution in [1.82, 2.24) is 19.3 Å². The highest BCUT2D eigenvalue weighted by Gasteiger charge is 2.22. The molecule has 0 atom stereocenters. The van der Waals surface area contributed by atoms with Crippen LogP contribution in [0, 0.1) is 4.77 Å². The van der Waals surface area contributed by atoms with Gasteiger partial charge in [0, 0.05) is 42.3 Å². The predicted molar refractivity (Wildman–Crippen MR) is 110 cm³/mol. The number of aromatic nitrogens is 5. The van der Waals surface area contributed by atoms with Crippen LogP contribution in [0.3, 0.4) is 0 Å². The zero-order chi connectivity index (χ0) is 19.3. The van der Waals surface area contributed by atoms with Crippen LogP contribution in [0.4, 0.5) is 5.69 Å². The summed E-state index contributed by atoms with van der Waals surface area (Å²) in [6, 6.07) is 8.26. The molecule has 4 heterocycles. The third kappa shape index (κ3) is 3.98. The third-order valence-corrected chi connectivity index (χ3v) is 5.65. The number of nitrogens with one attached hydrogen (secondary N) is 2. The van der Waals surface area contributed by atoms with Crippen molar-refractivity contribution >= 4 is 17.9 Å². The van der Waals surface area contributed by atoms with Crippen LogP contribution in [0.1, 0.15) is 13.3 Å². The summed E-state index contributed by atoms with van der Waals surface area (Å²) >= 11 is 5.77. The quantitative estimate of drug-likeness (QED) is 0.632. The molecule has 1 aliphatic heterocycles. The fourth-order valence-corrected chi connectivity index (χ4v) is 4.01. The molecule has 146 valence electrons. The number of rotatable bonds is 6. The summed E-state index contributed by atoms with van der Waals surface area (Å²) < 4.78 is 4.96. The first-order chi connectivity index (χ1) is 13.8. The minimum atomic E-state index is 0.808. The lowest BCUT2D eigenvalue weighted by Gasteiger charge is -2.33. The van der Waals surface area contributed by atoms with E-state index in [4.69, 9.17) is 17.3 Å². The minimum absolute atomic E-state index is 0.808. The van der Waals surface area contributed by atoms with Crippen molar-refractivity contribution in [3.63, 3.8) is 0 Å². The number of pyridine rings is 2. The highest BCUT2D eigenvalue weighted by atomic mass is 32.1. The molecule has 7 nitrogen and oxygen atoms in total. The van der Waals surface area contributed by atoms with Crippen LogP contribution in [-0.2, 0) is 13.2 Å². The molecule has 0 aromatic carbocycles. The van der Waals surface area contributed by atoms with Gasteiger partial charge in [0.2, 0.25) is 4.77 Å². The van der Waals surface area contributed by atoms with Gasteiger partial charge in [-0.1, -0.05) is 6.92 Å². The van der Waals surface area contributed by atoms with Gasteiger partial charge in [-0.05, 0) is 30.8 Å². The van der Waals surface area contributed by atoms with Crippen LogP contribution in [0.25, 0.3) is 11.4 Å². The van der Waals surface area contributed by atoms with Gasteiger partial charge in [-0.2, -0.15) is 4.68 Å². The summed E-state index contributed by atoms with van der Waals surface area (Å²) in [5.74, 6) is 0.938. The van der Waals surface area contributed by atoms with E-state index in [0.29, 0.717) is 0 Å². The van der Waals surface area contributed by atoms with Crippen molar-refractivity contribution in [3.05, 3.63) is 53.8 Å². The Kier molecular flexibility index (Phi) is 5.78. The number of hydrogen-bond acceptors (Lipinski definition) is 4. The summed E-state index contributed by atoms with van der Waals surface area (Å²) in [5.41, 5.74) is 2.34. The molecule has 1 saturated heterocycles. The average molecular weight is 398 g/mol. The van der Waals surface area contributed by atoms with E-state index in [2.05, 4.69) is 38.5 Å². The molecule has 2 N–H and O–H groups in total. The van der Waals surface area contributed by atoms with Crippen molar-refractivity contribution < 1.29 is 9.88 Å². The van der Waals surface area contributed by atoms with Gasteiger partial charge >= 0.3 is 0 Å². The molecule has 0 unspecified atom stereocenters. The summed E-state index contributed by atoms with van der Waals surface area (Å²) in [4.78, 5) is 11.2. The summed E-state index contributed by atoms with van der Waals surface area (Å²) in [5, 5.41) is 4.88. The molecule has 1 fully saturated rings. The first-order valence-electron chi connectivity index (χ1n) is 9.89. The van der Waals surface area contributed by atoms with Crippen LogP contribution in [0.15, 0.2) is 49.1 Å². The van der Waals surface area contributed by atoms with Crippen molar-refractivity contribution in [2.45, 2.75) is 26.6 Å². The second-order valence-corrected chi connectivity index (χ2v) is 7.51. The Morgan fingerprint density at radius 2 is 1.82 bits per heavy atom. The first-order valence-corrected chi connectivity index (χ1v) is 10.3. The Bertz CT molecular complexity index is 944. The van der Waals surface area contributed by atoms with Gasteiger partial charge in [0.05, 0.1) is 26.2 Å². The second kappa shape index (κ2) is 8.62. The molecule has 0 saturated carbocycles. The molecule has 0 bridgehead atoms. The van der Waals surface area contributed by atoms with Crippen molar-refractivity contribution in [1.29, 1.82) is 0 Å². The molecule has 4 rings (SSSR count). The summed E-state index contributed by atoms with van der Waals surface area (Å²) in [7, 11) is 0. The number of piperazine rings is 1. The van der Waals surface area contributed by atoms with E-state index in [1.54, 1.807) is 12.4 Å². The maximum atomic E-state index is 5.77. The zero-order valence-corrected chi connectivity index (χ0v) is 17.0. The average Bonchev–Trinajstić information content (AvgIpc) is 3.06. The highest BCUT2D eigenvalue weighted by molar-refractivity contribution is 7.71. The third-order valence-electron chi connectivity index (χ3n) is 5.22. The number of anilines is 1. The normalized spacial score (nSPS) is 15.1. The van der Waals surface area contributed by atoms with Crippen LogP contribution >= 0.6 is 12.2 Å². The van der Waals surface area contributed by atoms with E-state index < -0.39 is 0 Å². The van der Waals surface area contributed by atoms with Gasteiger partial charge in [0.15, 0.2) is 24.9 Å². The molecule has 0 amide bonds. The number of nitrogens with zero attached hydrogens (tertiary/aromatic N) is 5. The first kappa shape index (κ1) is 18.8. The van der Waals surface area contributed by atoms with Gasteiger partial charge in [-0.15, -0.1) is 5.10 Å². The largest absolute Gasteiger partial charge is 0.360 e. The van der Waals surface area contributed by atoms with E-state index in [1.165, 1.54) is 10.6 Å². The van der Waals surface area contributed by atoms with E-state index in [-0.39, 0.29) is 0 Å². The Morgan fingerprint density at radius 1 is 1.11 bits per heavy atom. The van der Waals surface area contributed by atoms with Crippen LogP contribution in [0.2, 0.25) is 0 Å². The number of aromatic amines is 1. The summed E-state index contributed by atoms with van der Waals surface area (Å²) in [6.07, 6.45) is 8.60. The fraction of sp³-hybridized carbons (Fsp3) is 0.400. The van der Waals surface area contributed by atoms with Gasteiger partial charge in [0.25, 0.3) is 0 Å². The van der Waals surface area contributed by atoms with E-state index in [1.807, 2.05) is 29.2 Å². The number of hydrogen-bond donors (Lipinski definition) is 1. The van der Waals surface area contributed by atoms with Crippen molar-refractivity contribution in [2.24, 2.45) is 0 Å². The SMILES string of the molecule is CCCn1c(-c2ccncc2)nn(C[NH+]2CCN(c3cc[nH+]cc3)CC2)c1=S. The standard InChI is InChI=1S/C20H25N7S/c1-2-11-26-19(17-3-7-21-8-4-17)23-27(20(26)28)16-24-12-14-25(15-13-24)18-5-9-22-10-6-18/h3-10H,2,11-16H2,1H3/p+2. The molecular weight excluding hydrogens is 370 g/mol. The number of quaternary nitrogens is 1. The van der Waals surface area contributed by atoms with Crippen molar-refractivity contribution in [2.75, 3.05) is 31.1 Å². The lowest BCUT2D eigenvalue weighted by molar-refractivity contribution is -0.924. The Hall–Kier alpha value is -2.58. The monoisotopic (exact) mass is 397 g/mol. The van der Waals surface area contributed by atoms with Gasteiger partial charge in [-0.3, -0.25) is 9.55 Å². The predicted octanol–water partition coefficient (Wildman–Crippen LogP) is 1.06. The lowest BCUT2D eigenvalue weighted by Crippen LogP contribution is -3.14. The van der Waals surface area contributed by atoms with Crippen LogP contribution < -0.4 is 14.8 Å². The van der Waals surface area contributed by atoms with Gasteiger partial charge in [0.1, 0.15) is 0 Å². The topological polar surface area (TPSA) is 57.5 Å². The molecule has 0 aliphatic carbocycles. The minimum Gasteiger partial charge on any atom is -0.360 e. The Morgan fingerprint density at radius 3 is 2.50 bits per heavy atom. The second-order valence-electron chi connectivity index (χ2n) is 7.15. The molecule has 8 heteroatoms. The van der Waals surface area contributed by atoms with Crippen LogP contribution in [-0.4, -0.2) is 45.5 Å². The van der Waals surface area contributed by atoms with E-state index in [9.17, 15) is 0 Å². The Balaban J connectivity index is 1.49. The molecule has 3 aromatic rings. The van der Waals surface area contributed by atoms with Gasteiger partial charge in [-0.25, -0.2) is 4.98 Å². The van der Waals surface area contributed by atoms with Crippen LogP contribution in [0.5, 0.6) is 0 Å². The molecule has 28 heavy (non-hydrogen) atoms.